The number of pyridine rings is 1. The summed E-state index contributed by atoms with van der Waals surface area (Å²) in [5.74, 6) is 2.12. The number of nitrogen functional groups attached to an aromatic ring is 1. The van der Waals surface area contributed by atoms with Gasteiger partial charge in [-0.2, -0.15) is 0 Å². The van der Waals surface area contributed by atoms with Gasteiger partial charge in [-0.1, -0.05) is 25.1 Å². The van der Waals surface area contributed by atoms with Gasteiger partial charge in [0, 0.05) is 41.2 Å². The van der Waals surface area contributed by atoms with Gasteiger partial charge in [0.15, 0.2) is 0 Å². The van der Waals surface area contributed by atoms with Gasteiger partial charge in [0.2, 0.25) is 0 Å². The Morgan fingerprint density at radius 1 is 0.971 bits per heavy atom. The first-order valence-corrected chi connectivity index (χ1v) is 11.4. The maximum Gasteiger partial charge on any atom is 0.134 e. The van der Waals surface area contributed by atoms with Crippen LogP contribution < -0.4 is 11.1 Å². The zero-order valence-corrected chi connectivity index (χ0v) is 19.5. The van der Waals surface area contributed by atoms with Crippen molar-refractivity contribution in [1.82, 2.24) is 15.0 Å². The molecule has 0 saturated heterocycles. The molecule has 1 atom stereocenters. The van der Waals surface area contributed by atoms with Crippen LogP contribution in [0.4, 0.5) is 11.6 Å². The fraction of sp³-hybridized carbons (Fsp3) is 0.179. The van der Waals surface area contributed by atoms with Crippen molar-refractivity contribution in [2.75, 3.05) is 11.1 Å². The Labute approximate surface area is 198 Å². The minimum Gasteiger partial charge on any atom is -0.464 e. The summed E-state index contributed by atoms with van der Waals surface area (Å²) in [6, 6.07) is 20.5. The number of hydrogen-bond donors (Lipinski definition) is 2. The van der Waals surface area contributed by atoms with Crippen molar-refractivity contribution in [3.63, 3.8) is 0 Å². The number of nitrogens with two attached hydrogens (primary N) is 1. The number of furan rings is 1. The molecule has 3 N–H and O–H groups in total. The van der Waals surface area contributed by atoms with Gasteiger partial charge in [-0.15, -0.1) is 0 Å². The number of benzene rings is 2. The first kappa shape index (κ1) is 21.6. The molecule has 2 aromatic carbocycles. The molecule has 5 aromatic rings. The Hall–Kier alpha value is -4.19. The highest BCUT2D eigenvalue weighted by atomic mass is 16.3. The zero-order valence-electron chi connectivity index (χ0n) is 19.5. The summed E-state index contributed by atoms with van der Waals surface area (Å²) in [6.07, 6.45) is 4.34. The predicted octanol–water partition coefficient (Wildman–Crippen LogP) is 6.58. The van der Waals surface area contributed by atoms with Gasteiger partial charge in [0.25, 0.3) is 0 Å². The van der Waals surface area contributed by atoms with Gasteiger partial charge in [0.05, 0.1) is 12.0 Å². The third-order valence-corrected chi connectivity index (χ3v) is 6.02. The lowest BCUT2D eigenvalue weighted by molar-refractivity contribution is 0.613. The maximum atomic E-state index is 5.74. The Morgan fingerprint density at radius 2 is 1.82 bits per heavy atom. The topological polar surface area (TPSA) is 89.9 Å². The van der Waals surface area contributed by atoms with Crippen LogP contribution in [0, 0.1) is 6.92 Å². The fourth-order valence-electron chi connectivity index (χ4n) is 4.06. The van der Waals surface area contributed by atoms with Gasteiger partial charge in [-0.25, -0.2) is 15.0 Å². The van der Waals surface area contributed by atoms with E-state index in [1.807, 2.05) is 30.3 Å². The number of hydrogen-bond acceptors (Lipinski definition) is 6. The van der Waals surface area contributed by atoms with E-state index in [1.54, 1.807) is 12.5 Å². The molecule has 34 heavy (non-hydrogen) atoms. The van der Waals surface area contributed by atoms with E-state index < -0.39 is 0 Å². The Balaban J connectivity index is 1.44. The smallest absolute Gasteiger partial charge is 0.134 e. The van der Waals surface area contributed by atoms with Crippen LogP contribution in [-0.4, -0.2) is 15.0 Å². The largest absolute Gasteiger partial charge is 0.464 e. The number of nitrogens with one attached hydrogen (secondary N) is 1. The molecule has 0 radical (unpaired) electrons. The number of anilines is 2. The average molecular weight is 450 g/mol. The van der Waals surface area contributed by atoms with Gasteiger partial charge in [0.1, 0.15) is 23.0 Å². The summed E-state index contributed by atoms with van der Waals surface area (Å²) in [4.78, 5) is 13.7. The van der Waals surface area contributed by atoms with Crippen LogP contribution in [-0.2, 0) is 6.42 Å². The van der Waals surface area contributed by atoms with Gasteiger partial charge in [-0.05, 0) is 66.9 Å². The van der Waals surface area contributed by atoms with E-state index in [4.69, 9.17) is 20.1 Å². The van der Waals surface area contributed by atoms with Crippen molar-refractivity contribution in [2.45, 2.75) is 33.2 Å². The minimum atomic E-state index is 0.0488. The summed E-state index contributed by atoms with van der Waals surface area (Å²) < 4.78 is 5.60. The predicted molar refractivity (Wildman–Crippen MR) is 137 cm³/mol. The normalized spacial score (nSPS) is 12.1. The second-order valence-electron chi connectivity index (χ2n) is 8.50. The SMILES string of the molecule is CCc1nc(N[C@@H](C)c2cccc(-c3ccc(N)nc3)c2)cc(-c2ccc3occ(C)c3c2)n1. The minimum absolute atomic E-state index is 0.0488. The van der Waals surface area contributed by atoms with Crippen LogP contribution in [0.5, 0.6) is 0 Å². The quantitative estimate of drug-likeness (QED) is 0.304. The van der Waals surface area contributed by atoms with E-state index in [0.717, 1.165) is 62.5 Å². The van der Waals surface area contributed by atoms with Crippen molar-refractivity contribution in [2.24, 2.45) is 0 Å². The van der Waals surface area contributed by atoms with Crippen molar-refractivity contribution in [3.8, 4) is 22.4 Å². The van der Waals surface area contributed by atoms with Crippen LogP contribution in [0.25, 0.3) is 33.4 Å². The molecule has 0 aliphatic carbocycles. The molecule has 170 valence electrons. The third-order valence-electron chi connectivity index (χ3n) is 6.02. The lowest BCUT2D eigenvalue weighted by atomic mass is 10.0. The molecule has 0 amide bonds. The van der Waals surface area contributed by atoms with Crippen LogP contribution in [0.3, 0.4) is 0 Å². The zero-order chi connectivity index (χ0) is 23.7. The number of fused-ring (bicyclic) bond motifs is 1. The number of aryl methyl sites for hydroxylation is 2. The molecule has 0 bridgehead atoms. The number of nitrogens with zero attached hydrogens (tertiary/aromatic N) is 3. The monoisotopic (exact) mass is 449 g/mol. The Bertz CT molecular complexity index is 1460. The van der Waals surface area contributed by atoms with Crippen molar-refractivity contribution in [3.05, 3.63) is 90.1 Å². The van der Waals surface area contributed by atoms with Gasteiger partial charge in [-0.3, -0.25) is 0 Å². The van der Waals surface area contributed by atoms with Crippen molar-refractivity contribution in [1.29, 1.82) is 0 Å². The van der Waals surface area contributed by atoms with Crippen LogP contribution in [0.2, 0.25) is 0 Å². The van der Waals surface area contributed by atoms with E-state index >= 15 is 0 Å². The summed E-state index contributed by atoms with van der Waals surface area (Å²) in [5, 5.41) is 4.67. The molecule has 0 fully saturated rings. The van der Waals surface area contributed by atoms with E-state index in [-0.39, 0.29) is 6.04 Å². The molecule has 6 heteroatoms. The first-order chi connectivity index (χ1) is 16.5. The highest BCUT2D eigenvalue weighted by Gasteiger charge is 2.12. The highest BCUT2D eigenvalue weighted by molar-refractivity contribution is 5.85. The highest BCUT2D eigenvalue weighted by Crippen LogP contribution is 2.29. The van der Waals surface area contributed by atoms with Crippen LogP contribution in [0.1, 0.15) is 36.8 Å². The number of rotatable bonds is 6. The molecular weight excluding hydrogens is 422 g/mol. The lowest BCUT2D eigenvalue weighted by Crippen LogP contribution is -2.10. The summed E-state index contributed by atoms with van der Waals surface area (Å²) >= 11 is 0. The van der Waals surface area contributed by atoms with E-state index in [0.29, 0.717) is 5.82 Å². The molecule has 5 rings (SSSR count). The summed E-state index contributed by atoms with van der Waals surface area (Å²) in [7, 11) is 0. The molecule has 3 aromatic heterocycles. The van der Waals surface area contributed by atoms with Crippen molar-refractivity contribution < 1.29 is 4.42 Å². The fourth-order valence-corrected chi connectivity index (χ4v) is 4.06. The van der Waals surface area contributed by atoms with Crippen LogP contribution >= 0.6 is 0 Å². The van der Waals surface area contributed by atoms with Gasteiger partial charge < -0.3 is 15.5 Å². The van der Waals surface area contributed by atoms with E-state index in [9.17, 15) is 0 Å². The first-order valence-electron chi connectivity index (χ1n) is 11.4. The summed E-state index contributed by atoms with van der Waals surface area (Å²) in [6.45, 7) is 6.25. The molecular formula is C28H27N5O. The third kappa shape index (κ3) is 4.35. The second kappa shape index (κ2) is 8.98. The molecule has 0 spiro atoms. The molecule has 0 saturated carbocycles. The molecule has 3 heterocycles. The molecule has 0 unspecified atom stereocenters. The maximum absolute atomic E-state index is 5.74. The van der Waals surface area contributed by atoms with E-state index in [1.165, 1.54) is 0 Å². The van der Waals surface area contributed by atoms with E-state index in [2.05, 4.69) is 61.4 Å². The Kier molecular flexibility index (Phi) is 5.72. The van der Waals surface area contributed by atoms with Crippen molar-refractivity contribution >= 4 is 22.6 Å². The standard InChI is InChI=1S/C28H27N5O/c1-4-27-32-24(21-8-10-25-23(13-21)17(2)16-34-25)14-28(33-27)31-18(3)19-6-5-7-20(12-19)22-9-11-26(29)30-15-22/h5-16,18H,4H2,1-3H3,(H2,29,30)(H,31,32,33)/t18-/m0/s1. The lowest BCUT2D eigenvalue weighted by Gasteiger charge is -2.17. The molecule has 0 aliphatic heterocycles. The van der Waals surface area contributed by atoms with Crippen LogP contribution in [0.15, 0.2) is 77.5 Å². The second-order valence-corrected chi connectivity index (χ2v) is 8.50. The summed E-state index contributed by atoms with van der Waals surface area (Å²) in [5.41, 5.74) is 13.0. The molecule has 6 nitrogen and oxygen atoms in total. The Morgan fingerprint density at radius 3 is 2.62 bits per heavy atom. The average Bonchev–Trinajstić information content (AvgIpc) is 3.24. The molecule has 0 aliphatic rings. The van der Waals surface area contributed by atoms with Gasteiger partial charge >= 0.3 is 0 Å². The number of aromatic nitrogens is 3.